The Morgan fingerprint density at radius 3 is 2.82 bits per heavy atom. The maximum Gasteiger partial charge on any atom is 0.224 e. The van der Waals surface area contributed by atoms with Crippen LogP contribution in [0.15, 0.2) is 18.2 Å². The summed E-state index contributed by atoms with van der Waals surface area (Å²) in [5.74, 6) is -0.0729. The summed E-state index contributed by atoms with van der Waals surface area (Å²) in [7, 11) is 0. The highest BCUT2D eigenvalue weighted by molar-refractivity contribution is 6.31. The summed E-state index contributed by atoms with van der Waals surface area (Å²) in [6.07, 6.45) is 0.984. The molecule has 3 rings (SSSR count). The first-order chi connectivity index (χ1) is 13.3. The first-order valence-electron chi connectivity index (χ1n) is 9.41. The van der Waals surface area contributed by atoms with E-state index in [1.807, 2.05) is 39.8 Å². The first kappa shape index (κ1) is 20.4. The maximum atomic E-state index is 12.4. The van der Waals surface area contributed by atoms with Crippen LogP contribution in [0, 0.1) is 20.8 Å². The molecule has 0 bridgehead atoms. The van der Waals surface area contributed by atoms with Gasteiger partial charge in [-0.3, -0.25) is 14.9 Å². The molecular formula is C20H26ClN5O2. The van der Waals surface area contributed by atoms with E-state index in [-0.39, 0.29) is 24.1 Å². The van der Waals surface area contributed by atoms with Gasteiger partial charge in [-0.25, -0.2) is 4.68 Å². The number of carbonyl (C=O) groups excluding carboxylic acids is 2. The van der Waals surface area contributed by atoms with Crippen LogP contribution in [-0.2, 0) is 16.0 Å². The highest BCUT2D eigenvalue weighted by Crippen LogP contribution is 2.24. The molecule has 1 aromatic carbocycles. The van der Waals surface area contributed by atoms with Gasteiger partial charge in [0.2, 0.25) is 11.8 Å². The van der Waals surface area contributed by atoms with Crippen LogP contribution in [0.4, 0.5) is 5.69 Å². The zero-order valence-electron chi connectivity index (χ0n) is 16.6. The molecule has 8 heteroatoms. The number of anilines is 1. The fourth-order valence-electron chi connectivity index (χ4n) is 3.50. The number of carbonyl (C=O) groups is 2. The van der Waals surface area contributed by atoms with Crippen LogP contribution in [-0.4, -0.2) is 27.6 Å². The van der Waals surface area contributed by atoms with E-state index in [0.717, 1.165) is 28.2 Å². The number of aryl methyl sites for hydroxylation is 1. The Morgan fingerprint density at radius 2 is 2.11 bits per heavy atom. The number of hydrogen-bond acceptors (Lipinski definition) is 4. The van der Waals surface area contributed by atoms with E-state index in [0.29, 0.717) is 24.3 Å². The smallest absolute Gasteiger partial charge is 0.224 e. The van der Waals surface area contributed by atoms with Crippen molar-refractivity contribution >= 4 is 29.1 Å². The van der Waals surface area contributed by atoms with Gasteiger partial charge in [0.1, 0.15) is 0 Å². The van der Waals surface area contributed by atoms with Crippen LogP contribution in [0.5, 0.6) is 0 Å². The molecule has 0 aliphatic carbocycles. The van der Waals surface area contributed by atoms with E-state index in [2.05, 4.69) is 21.0 Å². The third-order valence-corrected chi connectivity index (χ3v) is 5.50. The van der Waals surface area contributed by atoms with Crippen LogP contribution in [0.3, 0.4) is 0 Å². The highest BCUT2D eigenvalue weighted by Gasteiger charge is 2.27. The van der Waals surface area contributed by atoms with Gasteiger partial charge >= 0.3 is 0 Å². The SMILES string of the molecule is Cc1nn(C2NC(=O)CC(C)N2)c(C)c1CCC(=O)Nc1cccc(Cl)c1C. The van der Waals surface area contributed by atoms with Crippen molar-refractivity contribution in [1.29, 1.82) is 0 Å². The lowest BCUT2D eigenvalue weighted by atomic mass is 10.1. The van der Waals surface area contributed by atoms with Crippen LogP contribution >= 0.6 is 11.6 Å². The molecule has 150 valence electrons. The van der Waals surface area contributed by atoms with Crippen molar-refractivity contribution < 1.29 is 9.59 Å². The van der Waals surface area contributed by atoms with Gasteiger partial charge in [-0.05, 0) is 57.4 Å². The van der Waals surface area contributed by atoms with Crippen molar-refractivity contribution in [3.63, 3.8) is 0 Å². The lowest BCUT2D eigenvalue weighted by molar-refractivity contribution is -0.125. The van der Waals surface area contributed by atoms with E-state index in [1.54, 1.807) is 10.7 Å². The Hall–Kier alpha value is -2.38. The van der Waals surface area contributed by atoms with Gasteiger partial charge in [0, 0.05) is 35.3 Å². The highest BCUT2D eigenvalue weighted by atomic mass is 35.5. The summed E-state index contributed by atoms with van der Waals surface area (Å²) in [6, 6.07) is 5.53. The second-order valence-corrected chi connectivity index (χ2v) is 7.70. The molecule has 2 aromatic rings. The summed E-state index contributed by atoms with van der Waals surface area (Å²) >= 11 is 6.11. The number of nitrogens with one attached hydrogen (secondary N) is 3. The van der Waals surface area contributed by atoms with E-state index in [1.165, 1.54) is 0 Å². The van der Waals surface area contributed by atoms with Gasteiger partial charge in [-0.2, -0.15) is 5.10 Å². The molecule has 2 amide bonds. The number of halogens is 1. The molecule has 3 N–H and O–H groups in total. The maximum absolute atomic E-state index is 12.4. The summed E-state index contributed by atoms with van der Waals surface area (Å²) in [4.78, 5) is 24.3. The third kappa shape index (κ3) is 4.36. The summed E-state index contributed by atoms with van der Waals surface area (Å²) in [5, 5.41) is 14.4. The molecule has 1 aromatic heterocycles. The number of rotatable bonds is 5. The monoisotopic (exact) mass is 403 g/mol. The number of hydrogen-bond donors (Lipinski definition) is 3. The second-order valence-electron chi connectivity index (χ2n) is 7.30. The first-order valence-corrected chi connectivity index (χ1v) is 9.79. The minimum atomic E-state index is -0.369. The van der Waals surface area contributed by atoms with Gasteiger partial charge in [-0.15, -0.1) is 0 Å². The number of nitrogens with zero attached hydrogens (tertiary/aromatic N) is 2. The van der Waals surface area contributed by atoms with Crippen LogP contribution in [0.2, 0.25) is 5.02 Å². The van der Waals surface area contributed by atoms with Crippen molar-refractivity contribution in [2.24, 2.45) is 0 Å². The van der Waals surface area contributed by atoms with Crippen molar-refractivity contribution in [1.82, 2.24) is 20.4 Å². The largest absolute Gasteiger partial charge is 0.326 e. The minimum absolute atomic E-state index is 0.00150. The fourth-order valence-corrected chi connectivity index (χ4v) is 3.67. The molecule has 7 nitrogen and oxygen atoms in total. The molecule has 2 heterocycles. The quantitative estimate of drug-likeness (QED) is 0.716. The van der Waals surface area contributed by atoms with E-state index < -0.39 is 0 Å². The van der Waals surface area contributed by atoms with E-state index in [9.17, 15) is 9.59 Å². The Bertz CT molecular complexity index is 908. The van der Waals surface area contributed by atoms with Crippen LogP contribution < -0.4 is 16.0 Å². The Morgan fingerprint density at radius 1 is 1.36 bits per heavy atom. The third-order valence-electron chi connectivity index (χ3n) is 5.09. The lowest BCUT2D eigenvalue weighted by Gasteiger charge is -2.30. The van der Waals surface area contributed by atoms with E-state index in [4.69, 9.17) is 11.6 Å². The number of aromatic nitrogens is 2. The minimum Gasteiger partial charge on any atom is -0.326 e. The normalized spacial score (nSPS) is 19.4. The fraction of sp³-hybridized carbons (Fsp3) is 0.450. The van der Waals surface area contributed by atoms with E-state index >= 15 is 0 Å². The molecular weight excluding hydrogens is 378 g/mol. The molecule has 2 unspecified atom stereocenters. The second kappa shape index (κ2) is 8.32. The summed E-state index contributed by atoms with van der Waals surface area (Å²) in [5.41, 5.74) is 4.40. The van der Waals surface area contributed by atoms with Crippen molar-refractivity contribution in [3.05, 3.63) is 45.7 Å². The summed E-state index contributed by atoms with van der Waals surface area (Å²) in [6.45, 7) is 7.73. The molecule has 1 fully saturated rings. The topological polar surface area (TPSA) is 88.1 Å². The lowest BCUT2D eigenvalue weighted by Crippen LogP contribution is -2.52. The molecule has 28 heavy (non-hydrogen) atoms. The van der Waals surface area contributed by atoms with Crippen LogP contribution in [0.25, 0.3) is 0 Å². The van der Waals surface area contributed by atoms with Crippen molar-refractivity contribution in [3.8, 4) is 0 Å². The Kier molecular flexibility index (Phi) is 6.05. The zero-order valence-corrected chi connectivity index (χ0v) is 17.4. The standard InChI is InChI=1S/C20H26ClN5O2/c1-11-10-19(28)24-20(22-11)26-14(4)15(13(3)25-26)8-9-18(27)23-17-7-5-6-16(21)12(17)2/h5-7,11,20,22H,8-10H2,1-4H3,(H,23,27)(H,24,28). The predicted molar refractivity (Wildman–Crippen MR) is 109 cm³/mol. The zero-order chi connectivity index (χ0) is 20.4. The predicted octanol–water partition coefficient (Wildman–Crippen LogP) is 2.99. The molecule has 1 saturated heterocycles. The van der Waals surface area contributed by atoms with Gasteiger partial charge in [-0.1, -0.05) is 17.7 Å². The average molecular weight is 404 g/mol. The Balaban J connectivity index is 1.68. The van der Waals surface area contributed by atoms with Crippen molar-refractivity contribution in [2.45, 2.75) is 59.3 Å². The number of amides is 2. The molecule has 0 radical (unpaired) electrons. The van der Waals surface area contributed by atoms with Gasteiger partial charge in [0.05, 0.1) is 5.69 Å². The summed E-state index contributed by atoms with van der Waals surface area (Å²) < 4.78 is 1.79. The molecule has 0 spiro atoms. The van der Waals surface area contributed by atoms with Gasteiger partial charge in [0.25, 0.3) is 0 Å². The Labute approximate surface area is 169 Å². The molecule has 2 atom stereocenters. The van der Waals surface area contributed by atoms with Crippen LogP contribution in [0.1, 0.15) is 48.6 Å². The van der Waals surface area contributed by atoms with Gasteiger partial charge in [0.15, 0.2) is 6.29 Å². The van der Waals surface area contributed by atoms with Crippen molar-refractivity contribution in [2.75, 3.05) is 5.32 Å². The molecule has 1 aliphatic rings. The molecule has 1 aliphatic heterocycles. The number of benzene rings is 1. The molecule has 0 saturated carbocycles. The average Bonchev–Trinajstić information content (AvgIpc) is 2.90. The van der Waals surface area contributed by atoms with Gasteiger partial charge < -0.3 is 10.6 Å².